The zero-order valence-electron chi connectivity index (χ0n) is 16.3. The molecule has 1 aliphatic heterocycles. The number of pyridine rings is 2. The number of amides is 2. The fourth-order valence-electron chi connectivity index (χ4n) is 3.49. The predicted octanol–water partition coefficient (Wildman–Crippen LogP) is 3.08. The number of benzene rings is 1. The maximum absolute atomic E-state index is 12.0. The van der Waals surface area contributed by atoms with E-state index in [0.29, 0.717) is 19.5 Å². The van der Waals surface area contributed by atoms with Gasteiger partial charge in [-0.05, 0) is 41.3 Å². The molecule has 0 spiro atoms. The second-order valence-corrected chi connectivity index (χ2v) is 7.15. The number of fused-ring (bicyclic) bond motifs is 1. The summed E-state index contributed by atoms with van der Waals surface area (Å²) in [5.41, 5.74) is 4.74. The molecule has 2 aromatic heterocycles. The monoisotopic (exact) mass is 387 g/mol. The van der Waals surface area contributed by atoms with Crippen molar-refractivity contribution in [1.29, 1.82) is 0 Å². The Bertz CT molecular complexity index is 943. The molecule has 1 aliphatic rings. The highest BCUT2D eigenvalue weighted by Gasteiger charge is 2.16. The minimum atomic E-state index is -0.183. The smallest absolute Gasteiger partial charge is 0.315 e. The molecular formula is C23H25N5O. The number of anilines is 1. The summed E-state index contributed by atoms with van der Waals surface area (Å²) >= 11 is 0. The lowest BCUT2D eigenvalue weighted by atomic mass is 10.00. The summed E-state index contributed by atoms with van der Waals surface area (Å²) in [5.74, 6) is 0.975. The van der Waals surface area contributed by atoms with Gasteiger partial charge in [-0.1, -0.05) is 36.4 Å². The highest BCUT2D eigenvalue weighted by molar-refractivity contribution is 5.73. The summed E-state index contributed by atoms with van der Waals surface area (Å²) in [4.78, 5) is 23.1. The van der Waals surface area contributed by atoms with Gasteiger partial charge in [0.2, 0.25) is 0 Å². The Kier molecular flexibility index (Phi) is 6.00. The summed E-state index contributed by atoms with van der Waals surface area (Å²) in [7, 11) is 0. The van der Waals surface area contributed by atoms with Gasteiger partial charge in [-0.25, -0.2) is 9.78 Å². The lowest BCUT2D eigenvalue weighted by molar-refractivity contribution is 0.240. The van der Waals surface area contributed by atoms with Crippen LogP contribution in [-0.2, 0) is 25.9 Å². The van der Waals surface area contributed by atoms with E-state index in [-0.39, 0.29) is 6.03 Å². The first-order valence-electron chi connectivity index (χ1n) is 9.96. The van der Waals surface area contributed by atoms with E-state index in [1.54, 1.807) is 6.20 Å². The number of hydrogen-bond donors (Lipinski definition) is 2. The van der Waals surface area contributed by atoms with E-state index in [0.717, 1.165) is 36.6 Å². The van der Waals surface area contributed by atoms with Gasteiger partial charge in [0.1, 0.15) is 5.82 Å². The zero-order valence-corrected chi connectivity index (χ0v) is 16.3. The first-order valence-corrected chi connectivity index (χ1v) is 9.96. The molecule has 148 valence electrons. The van der Waals surface area contributed by atoms with Crippen molar-refractivity contribution in [2.24, 2.45) is 0 Å². The van der Waals surface area contributed by atoms with E-state index >= 15 is 0 Å². The molecule has 0 aliphatic carbocycles. The van der Waals surface area contributed by atoms with E-state index in [4.69, 9.17) is 0 Å². The van der Waals surface area contributed by atoms with Gasteiger partial charge in [-0.2, -0.15) is 0 Å². The fraction of sp³-hybridized carbons (Fsp3) is 0.261. The Morgan fingerprint density at radius 1 is 0.966 bits per heavy atom. The molecular weight excluding hydrogens is 362 g/mol. The van der Waals surface area contributed by atoms with Crippen LogP contribution in [0.1, 0.15) is 22.4 Å². The second-order valence-electron chi connectivity index (χ2n) is 7.15. The Hall–Kier alpha value is -3.41. The number of rotatable bonds is 6. The van der Waals surface area contributed by atoms with Crippen molar-refractivity contribution in [3.05, 3.63) is 89.4 Å². The van der Waals surface area contributed by atoms with Crippen molar-refractivity contribution in [3.63, 3.8) is 0 Å². The molecule has 1 aromatic carbocycles. The molecule has 0 saturated heterocycles. The zero-order chi connectivity index (χ0) is 19.9. The van der Waals surface area contributed by atoms with Gasteiger partial charge in [-0.3, -0.25) is 4.98 Å². The van der Waals surface area contributed by atoms with E-state index in [1.165, 1.54) is 11.1 Å². The van der Waals surface area contributed by atoms with Crippen LogP contribution in [0.3, 0.4) is 0 Å². The fourth-order valence-corrected chi connectivity index (χ4v) is 3.49. The van der Waals surface area contributed by atoms with Gasteiger partial charge in [0.25, 0.3) is 0 Å². The van der Waals surface area contributed by atoms with E-state index in [1.807, 2.05) is 36.5 Å². The van der Waals surface area contributed by atoms with E-state index in [9.17, 15) is 4.79 Å². The third-order valence-corrected chi connectivity index (χ3v) is 5.11. The van der Waals surface area contributed by atoms with Gasteiger partial charge in [0.05, 0.1) is 0 Å². The highest BCUT2D eigenvalue weighted by atomic mass is 16.2. The molecule has 29 heavy (non-hydrogen) atoms. The molecule has 0 radical (unpaired) electrons. The third kappa shape index (κ3) is 5.10. The van der Waals surface area contributed by atoms with Crippen LogP contribution in [0.5, 0.6) is 0 Å². The molecule has 2 amide bonds. The molecule has 0 fully saturated rings. The summed E-state index contributed by atoms with van der Waals surface area (Å²) in [5, 5.41) is 5.73. The van der Waals surface area contributed by atoms with Crippen molar-refractivity contribution in [2.75, 3.05) is 18.0 Å². The molecule has 0 atom stereocenters. The number of nitrogens with one attached hydrogen (secondary N) is 2. The largest absolute Gasteiger partial charge is 0.352 e. The molecule has 6 heteroatoms. The van der Waals surface area contributed by atoms with Crippen molar-refractivity contribution >= 4 is 11.8 Å². The quantitative estimate of drug-likeness (QED) is 0.682. The molecule has 0 saturated carbocycles. The Labute approximate surface area is 171 Å². The van der Waals surface area contributed by atoms with Crippen molar-refractivity contribution in [1.82, 2.24) is 20.6 Å². The predicted molar refractivity (Wildman–Crippen MR) is 114 cm³/mol. The topological polar surface area (TPSA) is 70.2 Å². The van der Waals surface area contributed by atoms with Gasteiger partial charge >= 0.3 is 6.03 Å². The van der Waals surface area contributed by atoms with Gasteiger partial charge in [0, 0.05) is 50.7 Å². The minimum Gasteiger partial charge on any atom is -0.352 e. The average Bonchev–Trinajstić information content (AvgIpc) is 2.78. The molecule has 4 rings (SSSR count). The Morgan fingerprint density at radius 2 is 1.83 bits per heavy atom. The molecule has 0 bridgehead atoms. The van der Waals surface area contributed by atoms with E-state index in [2.05, 4.69) is 49.8 Å². The summed E-state index contributed by atoms with van der Waals surface area (Å²) in [6, 6.07) is 18.2. The Balaban J connectivity index is 1.23. The molecule has 3 aromatic rings. The lowest BCUT2D eigenvalue weighted by Gasteiger charge is -2.29. The summed E-state index contributed by atoms with van der Waals surface area (Å²) in [6.45, 7) is 2.86. The Morgan fingerprint density at radius 3 is 2.62 bits per heavy atom. The second kappa shape index (κ2) is 9.19. The van der Waals surface area contributed by atoms with Crippen LogP contribution in [0, 0.1) is 0 Å². The highest BCUT2D eigenvalue weighted by Crippen LogP contribution is 2.22. The number of carbonyl (C=O) groups excluding carboxylic acids is 1. The van der Waals surface area contributed by atoms with Crippen LogP contribution < -0.4 is 15.5 Å². The molecule has 3 heterocycles. The number of urea groups is 1. The summed E-state index contributed by atoms with van der Waals surface area (Å²) in [6.07, 6.45) is 5.35. The molecule has 6 nitrogen and oxygen atoms in total. The number of hydrogen-bond acceptors (Lipinski definition) is 4. The van der Waals surface area contributed by atoms with E-state index < -0.39 is 0 Å². The number of nitrogens with zero attached hydrogens (tertiary/aromatic N) is 3. The van der Waals surface area contributed by atoms with Crippen LogP contribution in [0.15, 0.2) is 67.0 Å². The van der Waals surface area contributed by atoms with Crippen LogP contribution in [0.2, 0.25) is 0 Å². The standard InChI is InChI=1S/C23H25N5O/c29-23(25-13-10-21-7-3-4-12-24-21)27-16-18-8-9-22(26-15-18)28-14-11-19-5-1-2-6-20(19)17-28/h1-9,12,15H,10-11,13-14,16-17H2,(H2,25,27,29). The van der Waals surface area contributed by atoms with Crippen LogP contribution >= 0.6 is 0 Å². The maximum atomic E-state index is 12.0. The number of carbonyl (C=O) groups is 1. The van der Waals surface area contributed by atoms with Crippen LogP contribution in [0.25, 0.3) is 0 Å². The van der Waals surface area contributed by atoms with Crippen molar-refractivity contribution in [3.8, 4) is 0 Å². The molecule has 2 N–H and O–H groups in total. The minimum absolute atomic E-state index is 0.183. The average molecular weight is 387 g/mol. The first kappa shape index (κ1) is 18.9. The van der Waals surface area contributed by atoms with Crippen molar-refractivity contribution < 1.29 is 4.79 Å². The van der Waals surface area contributed by atoms with Gasteiger partial charge in [-0.15, -0.1) is 0 Å². The van der Waals surface area contributed by atoms with Gasteiger partial charge < -0.3 is 15.5 Å². The van der Waals surface area contributed by atoms with Crippen LogP contribution in [-0.4, -0.2) is 29.1 Å². The molecule has 0 unspecified atom stereocenters. The van der Waals surface area contributed by atoms with Crippen molar-refractivity contribution in [2.45, 2.75) is 25.9 Å². The number of aromatic nitrogens is 2. The summed E-state index contributed by atoms with van der Waals surface area (Å²) < 4.78 is 0. The normalized spacial score (nSPS) is 12.9. The lowest BCUT2D eigenvalue weighted by Crippen LogP contribution is -2.36. The first-order chi connectivity index (χ1) is 14.3. The third-order valence-electron chi connectivity index (χ3n) is 5.11. The van der Waals surface area contributed by atoms with Gasteiger partial charge in [0.15, 0.2) is 0 Å². The SMILES string of the molecule is O=C(NCCc1ccccn1)NCc1ccc(N2CCc3ccccc3C2)nc1. The maximum Gasteiger partial charge on any atom is 0.315 e. The van der Waals surface area contributed by atoms with Crippen LogP contribution in [0.4, 0.5) is 10.6 Å².